The summed E-state index contributed by atoms with van der Waals surface area (Å²) in [5.74, 6) is -0.528. The van der Waals surface area contributed by atoms with Crippen molar-refractivity contribution in [2.24, 2.45) is 0 Å². The molecule has 0 saturated heterocycles. The van der Waals surface area contributed by atoms with Gasteiger partial charge in [0.25, 0.3) is 11.8 Å². The lowest BCUT2D eigenvalue weighted by atomic mass is 10.1. The molecule has 2 heterocycles. The van der Waals surface area contributed by atoms with Crippen molar-refractivity contribution in [3.63, 3.8) is 0 Å². The number of nitrogens with one attached hydrogen (secondary N) is 1. The summed E-state index contributed by atoms with van der Waals surface area (Å²) in [5, 5.41) is 4.15. The predicted molar refractivity (Wildman–Crippen MR) is 136 cm³/mol. The molecule has 0 spiro atoms. The fourth-order valence-electron chi connectivity index (χ4n) is 4.03. The standard InChI is InChI=1S/C26H18Cl3N3O2/c27-18-7-11-22(28)21(13-18)25(33)30-19-8-5-16(6-9-19)26(34)32-15-20-10-12-24(29)31(20)14-17-3-1-2-4-23(17)32/h1-13H,14-15H2,(H,30,33). The molecule has 4 aromatic rings. The lowest BCUT2D eigenvalue weighted by Gasteiger charge is -2.23. The smallest absolute Gasteiger partial charge is 0.258 e. The van der Waals surface area contributed by atoms with Gasteiger partial charge in [-0.05, 0) is 66.2 Å². The minimum Gasteiger partial charge on any atom is -0.330 e. The first-order chi connectivity index (χ1) is 16.4. The predicted octanol–water partition coefficient (Wildman–Crippen LogP) is 6.91. The van der Waals surface area contributed by atoms with Crippen LogP contribution in [0.5, 0.6) is 0 Å². The van der Waals surface area contributed by atoms with Crippen LogP contribution in [-0.2, 0) is 13.1 Å². The number of para-hydroxylation sites is 1. The first-order valence-corrected chi connectivity index (χ1v) is 11.6. The number of carbonyl (C=O) groups is 2. The number of hydrogen-bond acceptors (Lipinski definition) is 2. The molecule has 0 fully saturated rings. The fourth-order valence-corrected chi connectivity index (χ4v) is 4.63. The summed E-state index contributed by atoms with van der Waals surface area (Å²) >= 11 is 18.5. The molecule has 2 amide bonds. The number of benzene rings is 3. The second-order valence-corrected chi connectivity index (χ2v) is 9.14. The van der Waals surface area contributed by atoms with E-state index < -0.39 is 0 Å². The summed E-state index contributed by atoms with van der Waals surface area (Å²) in [7, 11) is 0. The van der Waals surface area contributed by atoms with Crippen molar-refractivity contribution < 1.29 is 9.59 Å². The Balaban J connectivity index is 1.40. The van der Waals surface area contributed by atoms with Gasteiger partial charge in [0.15, 0.2) is 0 Å². The molecule has 1 N–H and O–H groups in total. The zero-order valence-corrected chi connectivity index (χ0v) is 20.0. The van der Waals surface area contributed by atoms with Crippen molar-refractivity contribution in [3.05, 3.63) is 116 Å². The van der Waals surface area contributed by atoms with Crippen LogP contribution in [0.1, 0.15) is 32.0 Å². The van der Waals surface area contributed by atoms with Gasteiger partial charge >= 0.3 is 0 Å². The SMILES string of the molecule is O=C(Nc1ccc(C(=O)N2Cc3ccc(Cl)n3Cc3ccccc32)cc1)c1cc(Cl)ccc1Cl. The van der Waals surface area contributed by atoms with E-state index in [0.29, 0.717) is 39.5 Å². The molecular weight excluding hydrogens is 493 g/mol. The van der Waals surface area contributed by atoms with Crippen LogP contribution in [-0.4, -0.2) is 16.4 Å². The zero-order valence-electron chi connectivity index (χ0n) is 17.8. The summed E-state index contributed by atoms with van der Waals surface area (Å²) < 4.78 is 2.01. The van der Waals surface area contributed by atoms with E-state index in [1.54, 1.807) is 41.3 Å². The summed E-state index contributed by atoms with van der Waals surface area (Å²) in [6, 6.07) is 23.1. The maximum absolute atomic E-state index is 13.5. The van der Waals surface area contributed by atoms with Crippen LogP contribution in [0.3, 0.4) is 0 Å². The Morgan fingerprint density at radius 2 is 1.59 bits per heavy atom. The maximum atomic E-state index is 13.5. The Bertz CT molecular complexity index is 1410. The third-order valence-corrected chi connectivity index (χ3v) is 6.65. The van der Waals surface area contributed by atoms with Crippen LogP contribution in [0, 0.1) is 0 Å². The number of amides is 2. The highest BCUT2D eigenvalue weighted by Gasteiger charge is 2.25. The Hall–Kier alpha value is -3.25. The molecule has 0 radical (unpaired) electrons. The molecule has 0 bridgehead atoms. The van der Waals surface area contributed by atoms with Gasteiger partial charge in [0, 0.05) is 27.7 Å². The fraction of sp³-hybridized carbons (Fsp3) is 0.0769. The molecule has 5 rings (SSSR count). The minimum absolute atomic E-state index is 0.144. The summed E-state index contributed by atoms with van der Waals surface area (Å²) in [6.07, 6.45) is 0. The number of rotatable bonds is 3. The molecule has 1 aliphatic heterocycles. The third-order valence-electron chi connectivity index (χ3n) is 5.76. The minimum atomic E-state index is -0.384. The van der Waals surface area contributed by atoms with Gasteiger partial charge in [-0.25, -0.2) is 0 Å². The highest BCUT2D eigenvalue weighted by atomic mass is 35.5. The number of anilines is 2. The van der Waals surface area contributed by atoms with Crippen LogP contribution in [0.15, 0.2) is 78.9 Å². The monoisotopic (exact) mass is 509 g/mol. The summed E-state index contributed by atoms with van der Waals surface area (Å²) in [6.45, 7) is 0.993. The van der Waals surface area contributed by atoms with Crippen LogP contribution in [0.4, 0.5) is 11.4 Å². The number of fused-ring (bicyclic) bond motifs is 2. The average molecular weight is 511 g/mol. The normalized spacial score (nSPS) is 12.5. The van der Waals surface area contributed by atoms with Crippen molar-refractivity contribution in [2.75, 3.05) is 10.2 Å². The second-order valence-electron chi connectivity index (χ2n) is 7.91. The van der Waals surface area contributed by atoms with Gasteiger partial charge in [-0.1, -0.05) is 53.0 Å². The van der Waals surface area contributed by atoms with Gasteiger partial charge < -0.3 is 14.8 Å². The Labute approximate surface area is 211 Å². The summed E-state index contributed by atoms with van der Waals surface area (Å²) in [5.41, 5.74) is 4.12. The number of aromatic nitrogens is 1. The van der Waals surface area contributed by atoms with E-state index in [1.165, 1.54) is 6.07 Å². The van der Waals surface area contributed by atoms with Gasteiger partial charge in [-0.3, -0.25) is 9.59 Å². The maximum Gasteiger partial charge on any atom is 0.258 e. The molecule has 1 aromatic heterocycles. The van der Waals surface area contributed by atoms with Crippen molar-refractivity contribution >= 4 is 58.0 Å². The van der Waals surface area contributed by atoms with Gasteiger partial charge in [0.05, 0.1) is 23.7 Å². The van der Waals surface area contributed by atoms with E-state index in [9.17, 15) is 9.59 Å². The van der Waals surface area contributed by atoms with E-state index in [0.717, 1.165) is 16.9 Å². The number of halogens is 3. The van der Waals surface area contributed by atoms with E-state index in [4.69, 9.17) is 34.8 Å². The number of hydrogen-bond donors (Lipinski definition) is 1. The van der Waals surface area contributed by atoms with Gasteiger partial charge in [0.1, 0.15) is 5.15 Å². The van der Waals surface area contributed by atoms with Crippen LogP contribution in [0.25, 0.3) is 0 Å². The molecule has 5 nitrogen and oxygen atoms in total. The van der Waals surface area contributed by atoms with E-state index >= 15 is 0 Å². The first kappa shape index (κ1) is 22.5. The Morgan fingerprint density at radius 3 is 2.38 bits per heavy atom. The highest BCUT2D eigenvalue weighted by Crippen LogP contribution is 2.31. The lowest BCUT2D eigenvalue weighted by molar-refractivity contribution is 0.0983. The second kappa shape index (κ2) is 9.18. The molecular formula is C26H18Cl3N3O2. The van der Waals surface area contributed by atoms with Crippen molar-refractivity contribution in [2.45, 2.75) is 13.1 Å². The van der Waals surface area contributed by atoms with Crippen LogP contribution >= 0.6 is 34.8 Å². The van der Waals surface area contributed by atoms with E-state index in [2.05, 4.69) is 5.32 Å². The Morgan fingerprint density at radius 1 is 0.824 bits per heavy atom. The van der Waals surface area contributed by atoms with Crippen molar-refractivity contribution in [1.29, 1.82) is 0 Å². The first-order valence-electron chi connectivity index (χ1n) is 10.5. The number of nitrogens with zero attached hydrogens (tertiary/aromatic N) is 2. The number of carbonyl (C=O) groups excluding carboxylic acids is 2. The molecule has 1 aliphatic rings. The molecule has 34 heavy (non-hydrogen) atoms. The molecule has 0 saturated carbocycles. The highest BCUT2D eigenvalue weighted by molar-refractivity contribution is 6.36. The average Bonchev–Trinajstić information content (AvgIpc) is 3.08. The molecule has 3 aromatic carbocycles. The zero-order chi connectivity index (χ0) is 23.8. The third kappa shape index (κ3) is 4.30. The molecule has 0 atom stereocenters. The van der Waals surface area contributed by atoms with Gasteiger partial charge in [-0.2, -0.15) is 0 Å². The van der Waals surface area contributed by atoms with Crippen molar-refractivity contribution in [1.82, 2.24) is 4.57 Å². The molecule has 170 valence electrons. The molecule has 8 heteroatoms. The Kier molecular flexibility index (Phi) is 6.09. The van der Waals surface area contributed by atoms with E-state index in [-0.39, 0.29) is 17.4 Å². The largest absolute Gasteiger partial charge is 0.330 e. The van der Waals surface area contributed by atoms with Gasteiger partial charge in [-0.15, -0.1) is 0 Å². The van der Waals surface area contributed by atoms with Gasteiger partial charge in [0.2, 0.25) is 0 Å². The van der Waals surface area contributed by atoms with Crippen LogP contribution in [0.2, 0.25) is 15.2 Å². The summed E-state index contributed by atoms with van der Waals surface area (Å²) in [4.78, 5) is 27.9. The van der Waals surface area contributed by atoms with E-state index in [1.807, 2.05) is 41.0 Å². The molecule has 0 unspecified atom stereocenters. The quantitative estimate of drug-likeness (QED) is 0.326. The molecule has 0 aliphatic carbocycles. The topological polar surface area (TPSA) is 54.3 Å². The van der Waals surface area contributed by atoms with Crippen LogP contribution < -0.4 is 10.2 Å². The lowest BCUT2D eigenvalue weighted by Crippen LogP contribution is -2.30. The van der Waals surface area contributed by atoms with Crippen molar-refractivity contribution in [3.8, 4) is 0 Å².